The average molecular weight is 380 g/mol. The lowest BCUT2D eigenvalue weighted by Crippen LogP contribution is -2.38. The molecule has 18 heavy (non-hydrogen) atoms. The zero-order valence-electron chi connectivity index (χ0n) is 10.9. The number of halogens is 1. The largest absolute Gasteiger partial charge is 0.370 e. The summed E-state index contributed by atoms with van der Waals surface area (Å²) in [5, 5.41) is 4.31. The van der Waals surface area contributed by atoms with Gasteiger partial charge in [-0.2, -0.15) is 0 Å². The van der Waals surface area contributed by atoms with Crippen molar-refractivity contribution in [1.29, 1.82) is 0 Å². The van der Waals surface area contributed by atoms with E-state index in [1.165, 1.54) is 30.6 Å². The van der Waals surface area contributed by atoms with E-state index < -0.39 is 0 Å². The van der Waals surface area contributed by atoms with Crippen molar-refractivity contribution in [2.24, 2.45) is 10.7 Å². The smallest absolute Gasteiger partial charge is 0.189 e. The van der Waals surface area contributed by atoms with Gasteiger partial charge in [-0.05, 0) is 26.7 Å². The van der Waals surface area contributed by atoms with Crippen LogP contribution in [0.2, 0.25) is 0 Å². The second-order valence-electron chi connectivity index (χ2n) is 4.58. The third-order valence-corrected chi connectivity index (χ3v) is 4.22. The maximum absolute atomic E-state index is 5.86. The van der Waals surface area contributed by atoms with Crippen LogP contribution in [0.1, 0.15) is 41.3 Å². The van der Waals surface area contributed by atoms with Crippen LogP contribution in [0.15, 0.2) is 4.99 Å². The van der Waals surface area contributed by atoms with Gasteiger partial charge in [0, 0.05) is 10.9 Å². The zero-order chi connectivity index (χ0) is 12.3. The second-order valence-corrected chi connectivity index (χ2v) is 5.86. The minimum atomic E-state index is 0. The van der Waals surface area contributed by atoms with Gasteiger partial charge in [-0.15, -0.1) is 35.3 Å². The first kappa shape index (κ1) is 15.7. The maximum atomic E-state index is 5.86. The number of nitrogens with two attached hydrogens (primary N) is 1. The lowest BCUT2D eigenvalue weighted by molar-refractivity contribution is 0.625. The molecule has 1 aliphatic rings. The highest BCUT2D eigenvalue weighted by Crippen LogP contribution is 2.18. The molecule has 0 atom stereocenters. The first-order valence-electron chi connectivity index (χ1n) is 6.14. The number of hydrogen-bond acceptors (Lipinski definition) is 3. The molecular formula is C12H21IN4S. The molecule has 1 saturated carbocycles. The molecule has 0 bridgehead atoms. The van der Waals surface area contributed by atoms with Gasteiger partial charge in [0.15, 0.2) is 5.96 Å². The van der Waals surface area contributed by atoms with Gasteiger partial charge in [-0.1, -0.05) is 12.8 Å². The summed E-state index contributed by atoms with van der Waals surface area (Å²) in [4.78, 5) is 10.0. The normalized spacial score (nSPS) is 16.7. The van der Waals surface area contributed by atoms with E-state index in [2.05, 4.69) is 22.2 Å². The summed E-state index contributed by atoms with van der Waals surface area (Å²) in [6.45, 7) is 4.70. The summed E-state index contributed by atoms with van der Waals surface area (Å²) in [5.74, 6) is 0.558. The van der Waals surface area contributed by atoms with Gasteiger partial charge in [0.25, 0.3) is 0 Å². The second kappa shape index (κ2) is 7.28. The van der Waals surface area contributed by atoms with Gasteiger partial charge in [-0.3, -0.25) is 0 Å². The number of guanidine groups is 1. The van der Waals surface area contributed by atoms with Crippen LogP contribution in [-0.4, -0.2) is 17.0 Å². The fourth-order valence-electron chi connectivity index (χ4n) is 2.08. The van der Waals surface area contributed by atoms with Crippen molar-refractivity contribution in [1.82, 2.24) is 10.3 Å². The Kier molecular flexibility index (Phi) is 6.34. The number of nitrogens with one attached hydrogen (secondary N) is 1. The molecule has 0 spiro atoms. The molecule has 1 fully saturated rings. The zero-order valence-corrected chi connectivity index (χ0v) is 14.0. The number of thiazole rings is 1. The number of aliphatic imine (C=N–C) groups is 1. The monoisotopic (exact) mass is 380 g/mol. The third kappa shape index (κ3) is 4.38. The Morgan fingerprint density at radius 3 is 2.67 bits per heavy atom. The van der Waals surface area contributed by atoms with E-state index in [0.29, 0.717) is 18.5 Å². The van der Waals surface area contributed by atoms with Gasteiger partial charge in [0.1, 0.15) is 5.01 Å². The fraction of sp³-hybridized carbons (Fsp3) is 0.667. The van der Waals surface area contributed by atoms with Crippen LogP contribution in [0, 0.1) is 13.8 Å². The molecule has 0 aliphatic heterocycles. The number of aryl methyl sites for hydroxylation is 2. The maximum Gasteiger partial charge on any atom is 0.189 e. The Labute approximate surface area is 129 Å². The Morgan fingerprint density at radius 2 is 2.11 bits per heavy atom. The highest BCUT2D eigenvalue weighted by molar-refractivity contribution is 14.0. The molecule has 1 heterocycles. The van der Waals surface area contributed by atoms with Crippen LogP contribution < -0.4 is 11.1 Å². The van der Waals surface area contributed by atoms with Crippen molar-refractivity contribution < 1.29 is 0 Å². The van der Waals surface area contributed by atoms with Crippen LogP contribution in [0.5, 0.6) is 0 Å². The lowest BCUT2D eigenvalue weighted by Gasteiger charge is -2.11. The predicted octanol–water partition coefficient (Wildman–Crippen LogP) is 2.72. The van der Waals surface area contributed by atoms with Crippen molar-refractivity contribution in [2.45, 2.75) is 52.1 Å². The van der Waals surface area contributed by atoms with E-state index in [1.807, 2.05) is 6.92 Å². The van der Waals surface area contributed by atoms with Crippen molar-refractivity contribution in [3.63, 3.8) is 0 Å². The van der Waals surface area contributed by atoms with Crippen LogP contribution in [0.4, 0.5) is 0 Å². The fourth-order valence-corrected chi connectivity index (χ4v) is 2.94. The van der Waals surface area contributed by atoms with Crippen LogP contribution in [0.3, 0.4) is 0 Å². The Balaban J connectivity index is 0.00000162. The van der Waals surface area contributed by atoms with Crippen molar-refractivity contribution >= 4 is 41.3 Å². The molecule has 4 nitrogen and oxygen atoms in total. The topological polar surface area (TPSA) is 63.3 Å². The molecule has 0 saturated heterocycles. The standard InChI is InChI=1S/C12H20N4S.HI/c1-8-9(2)17-11(15-8)7-14-12(13)16-10-5-3-4-6-10;/h10H,3-7H2,1-2H3,(H3,13,14,16);1H. The lowest BCUT2D eigenvalue weighted by atomic mass is 10.2. The Bertz CT molecular complexity index is 391. The van der Waals surface area contributed by atoms with Gasteiger partial charge in [0.2, 0.25) is 0 Å². The third-order valence-electron chi connectivity index (χ3n) is 3.16. The van der Waals surface area contributed by atoms with Gasteiger partial charge in [-0.25, -0.2) is 9.98 Å². The molecule has 2 rings (SSSR count). The quantitative estimate of drug-likeness (QED) is 0.482. The molecule has 1 aromatic heterocycles. The first-order valence-corrected chi connectivity index (χ1v) is 6.96. The highest BCUT2D eigenvalue weighted by Gasteiger charge is 2.14. The number of aromatic nitrogens is 1. The molecule has 1 aromatic rings. The summed E-state index contributed by atoms with van der Waals surface area (Å²) >= 11 is 1.70. The van der Waals surface area contributed by atoms with E-state index in [1.54, 1.807) is 11.3 Å². The van der Waals surface area contributed by atoms with Crippen LogP contribution in [-0.2, 0) is 6.54 Å². The summed E-state index contributed by atoms with van der Waals surface area (Å²) in [6.07, 6.45) is 5.03. The van der Waals surface area contributed by atoms with Gasteiger partial charge in [0.05, 0.1) is 12.2 Å². The van der Waals surface area contributed by atoms with Gasteiger partial charge >= 0.3 is 0 Å². The molecular weight excluding hydrogens is 359 g/mol. The number of hydrogen-bond donors (Lipinski definition) is 2. The molecule has 1 aliphatic carbocycles. The molecule has 0 unspecified atom stereocenters. The molecule has 6 heteroatoms. The number of nitrogens with zero attached hydrogens (tertiary/aromatic N) is 2. The average Bonchev–Trinajstić information content (AvgIpc) is 2.87. The predicted molar refractivity (Wildman–Crippen MR) is 87.7 cm³/mol. The first-order chi connectivity index (χ1) is 8.15. The minimum Gasteiger partial charge on any atom is -0.370 e. The SMILES string of the molecule is Cc1nc(CN=C(N)NC2CCCC2)sc1C.I. The Hall–Kier alpha value is -0.370. The summed E-state index contributed by atoms with van der Waals surface area (Å²) in [6, 6.07) is 0.526. The van der Waals surface area contributed by atoms with E-state index in [0.717, 1.165) is 10.7 Å². The molecule has 0 amide bonds. The summed E-state index contributed by atoms with van der Waals surface area (Å²) in [5.41, 5.74) is 6.96. The van der Waals surface area contributed by atoms with Crippen molar-refractivity contribution in [3.05, 3.63) is 15.6 Å². The Morgan fingerprint density at radius 1 is 1.44 bits per heavy atom. The molecule has 3 N–H and O–H groups in total. The summed E-state index contributed by atoms with van der Waals surface area (Å²) < 4.78 is 0. The summed E-state index contributed by atoms with van der Waals surface area (Å²) in [7, 11) is 0. The molecule has 0 aromatic carbocycles. The van der Waals surface area contributed by atoms with Gasteiger partial charge < -0.3 is 11.1 Å². The van der Waals surface area contributed by atoms with E-state index >= 15 is 0 Å². The highest BCUT2D eigenvalue weighted by atomic mass is 127. The van der Waals surface area contributed by atoms with E-state index in [4.69, 9.17) is 5.73 Å². The molecule has 102 valence electrons. The van der Waals surface area contributed by atoms with Crippen LogP contribution >= 0.6 is 35.3 Å². The minimum absolute atomic E-state index is 0. The van der Waals surface area contributed by atoms with Crippen LogP contribution in [0.25, 0.3) is 0 Å². The van der Waals surface area contributed by atoms with E-state index in [9.17, 15) is 0 Å². The van der Waals surface area contributed by atoms with E-state index in [-0.39, 0.29) is 24.0 Å². The number of rotatable bonds is 3. The molecule has 0 radical (unpaired) electrons. The van der Waals surface area contributed by atoms with Crippen molar-refractivity contribution in [2.75, 3.05) is 0 Å². The van der Waals surface area contributed by atoms with Crippen molar-refractivity contribution in [3.8, 4) is 0 Å².